The molecule has 102 valence electrons. The number of ether oxygens (including phenoxy) is 2. The van der Waals surface area contributed by atoms with Crippen LogP contribution in [0, 0.1) is 0 Å². The average Bonchev–Trinajstić information content (AvgIpc) is 2.86. The molecule has 2 aliphatic heterocycles. The van der Waals surface area contributed by atoms with Crippen LogP contribution in [0.1, 0.15) is 25.7 Å². The number of hydrogen-bond acceptors (Lipinski definition) is 5. The predicted octanol–water partition coefficient (Wildman–Crippen LogP) is -0.342. The summed E-state index contributed by atoms with van der Waals surface area (Å²) in [6.45, 7) is 1.58. The zero-order chi connectivity index (χ0) is 13.2. The van der Waals surface area contributed by atoms with E-state index in [0.717, 1.165) is 6.42 Å². The quantitative estimate of drug-likeness (QED) is 0.683. The monoisotopic (exact) mass is 256 g/mol. The predicted molar refractivity (Wildman–Crippen MR) is 63.7 cm³/mol. The molecule has 6 heteroatoms. The van der Waals surface area contributed by atoms with Gasteiger partial charge in [0.2, 0.25) is 5.91 Å². The Morgan fingerprint density at radius 1 is 1.39 bits per heavy atom. The zero-order valence-corrected chi connectivity index (χ0v) is 10.7. The van der Waals surface area contributed by atoms with Gasteiger partial charge in [0.25, 0.3) is 0 Å². The summed E-state index contributed by atoms with van der Waals surface area (Å²) in [5.74, 6) is -0.491. The number of amides is 1. The van der Waals surface area contributed by atoms with Gasteiger partial charge in [-0.05, 0) is 25.7 Å². The lowest BCUT2D eigenvalue weighted by Gasteiger charge is -2.36. The maximum atomic E-state index is 12.5. The first-order valence-electron chi connectivity index (χ1n) is 6.34. The van der Waals surface area contributed by atoms with E-state index in [9.17, 15) is 9.59 Å². The van der Waals surface area contributed by atoms with Crippen LogP contribution >= 0.6 is 0 Å². The normalized spacial score (nSPS) is 27.0. The van der Waals surface area contributed by atoms with Gasteiger partial charge in [-0.1, -0.05) is 0 Å². The zero-order valence-electron chi connectivity index (χ0n) is 10.7. The van der Waals surface area contributed by atoms with Crippen LogP contribution in [0.5, 0.6) is 0 Å². The van der Waals surface area contributed by atoms with E-state index < -0.39 is 11.6 Å². The van der Waals surface area contributed by atoms with Crippen molar-refractivity contribution in [2.45, 2.75) is 37.3 Å². The molecule has 0 aromatic carbocycles. The number of hydrogen-bond donors (Lipinski definition) is 1. The van der Waals surface area contributed by atoms with Gasteiger partial charge in [0.05, 0.1) is 12.6 Å². The second-order valence-corrected chi connectivity index (χ2v) is 4.95. The van der Waals surface area contributed by atoms with Gasteiger partial charge in [-0.3, -0.25) is 4.79 Å². The number of esters is 1. The third-order valence-electron chi connectivity index (χ3n) is 3.80. The van der Waals surface area contributed by atoms with Crippen molar-refractivity contribution in [1.29, 1.82) is 0 Å². The molecule has 1 unspecified atom stereocenters. The molecular formula is C12H20N2O4. The molecule has 1 amide bonds. The van der Waals surface area contributed by atoms with Crippen molar-refractivity contribution < 1.29 is 19.1 Å². The van der Waals surface area contributed by atoms with Gasteiger partial charge in [0.1, 0.15) is 6.04 Å². The van der Waals surface area contributed by atoms with E-state index >= 15 is 0 Å². The van der Waals surface area contributed by atoms with Crippen LogP contribution in [-0.4, -0.2) is 55.2 Å². The summed E-state index contributed by atoms with van der Waals surface area (Å²) in [5, 5.41) is 0. The van der Waals surface area contributed by atoms with Crippen LogP contribution in [-0.2, 0) is 19.1 Å². The summed E-state index contributed by atoms with van der Waals surface area (Å²) < 4.78 is 9.97. The van der Waals surface area contributed by atoms with E-state index in [2.05, 4.69) is 0 Å². The Bertz CT molecular complexity index is 339. The minimum absolute atomic E-state index is 0.140. The molecule has 0 spiro atoms. The fraction of sp³-hybridized carbons (Fsp3) is 0.833. The number of nitrogens with zero attached hydrogens (tertiary/aromatic N) is 1. The fourth-order valence-electron chi connectivity index (χ4n) is 2.63. The number of rotatable bonds is 2. The van der Waals surface area contributed by atoms with Crippen LogP contribution in [0.15, 0.2) is 0 Å². The van der Waals surface area contributed by atoms with Crippen molar-refractivity contribution >= 4 is 11.9 Å². The van der Waals surface area contributed by atoms with Crippen molar-refractivity contribution in [2.24, 2.45) is 5.73 Å². The topological polar surface area (TPSA) is 81.9 Å². The lowest BCUT2D eigenvalue weighted by Crippen LogP contribution is -2.59. The van der Waals surface area contributed by atoms with Crippen LogP contribution in [0.25, 0.3) is 0 Å². The van der Waals surface area contributed by atoms with Gasteiger partial charge >= 0.3 is 5.97 Å². The van der Waals surface area contributed by atoms with Crippen molar-refractivity contribution in [2.75, 3.05) is 26.9 Å². The first-order valence-corrected chi connectivity index (χ1v) is 6.34. The number of likely N-dealkylation sites (tertiary alicyclic amines) is 1. The second kappa shape index (κ2) is 5.24. The Balaban J connectivity index is 2.09. The van der Waals surface area contributed by atoms with Gasteiger partial charge in [0, 0.05) is 19.8 Å². The minimum atomic E-state index is -0.880. The molecule has 2 rings (SSSR count). The minimum Gasteiger partial charge on any atom is -0.467 e. The van der Waals surface area contributed by atoms with Gasteiger partial charge in [0.15, 0.2) is 0 Å². The molecular weight excluding hydrogens is 236 g/mol. The summed E-state index contributed by atoms with van der Waals surface area (Å²) in [6.07, 6.45) is 2.50. The van der Waals surface area contributed by atoms with Crippen molar-refractivity contribution in [3.05, 3.63) is 0 Å². The van der Waals surface area contributed by atoms with Crippen LogP contribution < -0.4 is 5.73 Å². The lowest BCUT2D eigenvalue weighted by atomic mass is 9.89. The molecule has 18 heavy (non-hydrogen) atoms. The van der Waals surface area contributed by atoms with E-state index in [0.29, 0.717) is 39.0 Å². The number of carbonyl (C=O) groups is 2. The Labute approximate surface area is 106 Å². The smallest absolute Gasteiger partial charge is 0.328 e. The highest BCUT2D eigenvalue weighted by Crippen LogP contribution is 2.26. The van der Waals surface area contributed by atoms with Crippen LogP contribution in [0.2, 0.25) is 0 Å². The highest BCUT2D eigenvalue weighted by atomic mass is 16.5. The molecule has 1 atom stereocenters. The van der Waals surface area contributed by atoms with E-state index in [1.165, 1.54) is 7.11 Å². The number of methoxy groups -OCH3 is 1. The third kappa shape index (κ3) is 2.35. The average molecular weight is 256 g/mol. The largest absolute Gasteiger partial charge is 0.467 e. The molecule has 2 saturated heterocycles. The molecule has 0 saturated carbocycles. The Morgan fingerprint density at radius 2 is 2.06 bits per heavy atom. The Morgan fingerprint density at radius 3 is 2.67 bits per heavy atom. The summed E-state index contributed by atoms with van der Waals surface area (Å²) in [7, 11) is 1.34. The molecule has 0 aromatic rings. The lowest BCUT2D eigenvalue weighted by molar-refractivity contribution is -0.154. The maximum Gasteiger partial charge on any atom is 0.328 e. The van der Waals surface area contributed by atoms with E-state index in [-0.39, 0.29) is 11.9 Å². The molecule has 0 aliphatic carbocycles. The number of nitrogens with two attached hydrogens (primary N) is 1. The molecule has 0 aromatic heterocycles. The van der Waals surface area contributed by atoms with E-state index in [1.807, 2.05) is 0 Å². The summed E-state index contributed by atoms with van der Waals surface area (Å²) >= 11 is 0. The van der Waals surface area contributed by atoms with Crippen LogP contribution in [0.3, 0.4) is 0 Å². The van der Waals surface area contributed by atoms with Gasteiger partial charge in [-0.15, -0.1) is 0 Å². The van der Waals surface area contributed by atoms with Crippen molar-refractivity contribution in [3.8, 4) is 0 Å². The summed E-state index contributed by atoms with van der Waals surface area (Å²) in [4.78, 5) is 25.7. The first kappa shape index (κ1) is 13.3. The first-order chi connectivity index (χ1) is 8.58. The molecule has 0 bridgehead atoms. The summed E-state index contributed by atoms with van der Waals surface area (Å²) in [5.41, 5.74) is 5.28. The SMILES string of the molecule is COC(=O)C1CCCN1C(=O)C1(N)CCOCC1. The van der Waals surface area contributed by atoms with Crippen molar-refractivity contribution in [3.63, 3.8) is 0 Å². The molecule has 2 heterocycles. The Kier molecular flexibility index (Phi) is 3.87. The van der Waals surface area contributed by atoms with Gasteiger partial charge in [-0.25, -0.2) is 4.79 Å². The van der Waals surface area contributed by atoms with Gasteiger partial charge in [-0.2, -0.15) is 0 Å². The van der Waals surface area contributed by atoms with E-state index in [4.69, 9.17) is 15.2 Å². The molecule has 2 aliphatic rings. The van der Waals surface area contributed by atoms with E-state index in [1.54, 1.807) is 4.90 Å². The molecule has 2 N–H and O–H groups in total. The Hall–Kier alpha value is -1.14. The van der Waals surface area contributed by atoms with Crippen molar-refractivity contribution in [1.82, 2.24) is 4.90 Å². The fourth-order valence-corrected chi connectivity index (χ4v) is 2.63. The molecule has 6 nitrogen and oxygen atoms in total. The highest BCUT2D eigenvalue weighted by molar-refractivity contribution is 5.91. The highest BCUT2D eigenvalue weighted by Gasteiger charge is 2.44. The molecule has 0 radical (unpaired) electrons. The summed E-state index contributed by atoms with van der Waals surface area (Å²) in [6, 6.07) is -0.467. The second-order valence-electron chi connectivity index (χ2n) is 4.95. The molecule has 2 fully saturated rings. The number of carbonyl (C=O) groups excluding carboxylic acids is 2. The standard InChI is InChI=1S/C12H20N2O4/c1-17-10(15)9-3-2-6-14(9)11(16)12(13)4-7-18-8-5-12/h9H,2-8,13H2,1H3. The third-order valence-corrected chi connectivity index (χ3v) is 3.80. The maximum absolute atomic E-state index is 12.5. The van der Waals surface area contributed by atoms with Gasteiger partial charge < -0.3 is 20.1 Å². The van der Waals surface area contributed by atoms with Crippen LogP contribution in [0.4, 0.5) is 0 Å².